The number of hydrogen-bond donors (Lipinski definition) is 0. The van der Waals surface area contributed by atoms with Crippen LogP contribution in [-0.2, 0) is 17.0 Å². The average molecular weight is 204 g/mol. The van der Waals surface area contributed by atoms with Crippen LogP contribution in [0.5, 0.6) is 0 Å². The molecular weight excluding hydrogens is 190 g/mol. The van der Waals surface area contributed by atoms with Gasteiger partial charge in [0.15, 0.2) is 0 Å². The highest BCUT2D eigenvalue weighted by molar-refractivity contribution is 6.16. The van der Waals surface area contributed by atoms with Crippen molar-refractivity contribution >= 4 is 11.6 Å². The topological polar surface area (TPSA) is 35.3 Å². The van der Waals surface area contributed by atoms with E-state index >= 15 is 0 Å². The lowest BCUT2D eigenvalue weighted by molar-refractivity contribution is 0.0190. The third-order valence-electron chi connectivity index (χ3n) is 1.87. The summed E-state index contributed by atoms with van der Waals surface area (Å²) in [5.74, 6) is 1.68. The maximum atomic E-state index is 5.56. The first-order valence-corrected chi connectivity index (χ1v) is 4.65. The predicted molar refractivity (Wildman–Crippen MR) is 50.9 cm³/mol. The molecule has 4 heteroatoms. The van der Waals surface area contributed by atoms with Gasteiger partial charge in [0, 0.05) is 13.5 Å². The Kier molecular flexibility index (Phi) is 3.33. The highest BCUT2D eigenvalue weighted by Gasteiger charge is 2.19. The molecule has 1 heterocycles. The van der Waals surface area contributed by atoms with Crippen LogP contribution in [0.2, 0.25) is 0 Å². The number of hydrogen-bond acceptors (Lipinski definition) is 3. The summed E-state index contributed by atoms with van der Waals surface area (Å²) in [5.41, 5.74) is -0.219. The summed E-state index contributed by atoms with van der Waals surface area (Å²) in [5, 5.41) is 0. The van der Waals surface area contributed by atoms with Gasteiger partial charge in [0.25, 0.3) is 0 Å². The van der Waals surface area contributed by atoms with Crippen LogP contribution in [0.3, 0.4) is 0 Å². The molecule has 1 rings (SSSR count). The molecule has 0 unspecified atom stereocenters. The van der Waals surface area contributed by atoms with Crippen molar-refractivity contribution in [1.29, 1.82) is 0 Å². The molecule has 13 heavy (non-hydrogen) atoms. The maximum Gasteiger partial charge on any atom is 0.209 e. The lowest BCUT2D eigenvalue weighted by Gasteiger charge is -2.20. The predicted octanol–water partition coefficient (Wildman–Crippen LogP) is 2.38. The van der Waals surface area contributed by atoms with Crippen LogP contribution in [-0.4, -0.2) is 17.7 Å². The minimum atomic E-state index is -0.219. The molecule has 0 atom stereocenters. The highest BCUT2D eigenvalue weighted by Crippen LogP contribution is 2.17. The second kappa shape index (κ2) is 4.11. The van der Waals surface area contributed by atoms with Crippen molar-refractivity contribution in [3.05, 3.63) is 17.8 Å². The molecule has 0 saturated carbocycles. The Hall–Kier alpha value is -0.540. The summed E-state index contributed by atoms with van der Waals surface area (Å²) < 4.78 is 10.6. The summed E-state index contributed by atoms with van der Waals surface area (Å²) in [6, 6.07) is 0. The zero-order valence-corrected chi connectivity index (χ0v) is 8.89. The molecule has 0 bridgehead atoms. The largest absolute Gasteiger partial charge is 0.444 e. The van der Waals surface area contributed by atoms with Crippen LogP contribution in [0.15, 0.2) is 10.6 Å². The van der Waals surface area contributed by atoms with E-state index in [1.54, 1.807) is 13.3 Å². The molecule has 0 amide bonds. The summed E-state index contributed by atoms with van der Waals surface area (Å²) in [6.07, 6.45) is 2.39. The number of nitrogens with zero attached hydrogens (tertiary/aromatic N) is 1. The molecule has 0 aliphatic heterocycles. The fourth-order valence-electron chi connectivity index (χ4n) is 0.983. The van der Waals surface area contributed by atoms with Crippen molar-refractivity contribution in [2.24, 2.45) is 0 Å². The van der Waals surface area contributed by atoms with Crippen molar-refractivity contribution in [2.75, 3.05) is 7.11 Å². The lowest BCUT2D eigenvalue weighted by atomic mass is 10.0. The third-order valence-corrected chi connectivity index (χ3v) is 2.10. The van der Waals surface area contributed by atoms with Gasteiger partial charge in [-0.25, -0.2) is 4.98 Å². The fourth-order valence-corrected chi connectivity index (χ4v) is 1.11. The quantitative estimate of drug-likeness (QED) is 0.705. The Bertz CT molecular complexity index is 270. The zero-order valence-electron chi connectivity index (χ0n) is 8.13. The number of halogens is 1. The summed E-state index contributed by atoms with van der Waals surface area (Å²) in [6.45, 7) is 3.99. The standard InChI is InChI=1S/C9H14ClNO2/c1-9(2,12-3)4-7-6-11-8(5-10)13-7/h6H,4-5H2,1-3H3. The minimum Gasteiger partial charge on any atom is -0.444 e. The molecule has 0 aliphatic carbocycles. The van der Waals surface area contributed by atoms with E-state index in [1.807, 2.05) is 13.8 Å². The van der Waals surface area contributed by atoms with Crippen LogP contribution < -0.4 is 0 Å². The minimum absolute atomic E-state index is 0.219. The number of oxazole rings is 1. The van der Waals surface area contributed by atoms with Crippen LogP contribution >= 0.6 is 11.6 Å². The van der Waals surface area contributed by atoms with E-state index in [4.69, 9.17) is 20.8 Å². The number of alkyl halides is 1. The summed E-state index contributed by atoms with van der Waals surface area (Å²) >= 11 is 5.56. The second-order valence-corrected chi connectivity index (χ2v) is 3.76. The van der Waals surface area contributed by atoms with E-state index in [0.717, 1.165) is 5.76 Å². The molecule has 3 nitrogen and oxygen atoms in total. The molecular formula is C9H14ClNO2. The third kappa shape index (κ3) is 3.01. The molecule has 0 spiro atoms. The summed E-state index contributed by atoms with van der Waals surface area (Å²) in [7, 11) is 1.68. The van der Waals surface area contributed by atoms with E-state index in [9.17, 15) is 0 Å². The highest BCUT2D eigenvalue weighted by atomic mass is 35.5. The molecule has 0 saturated heterocycles. The van der Waals surface area contributed by atoms with Crippen molar-refractivity contribution in [1.82, 2.24) is 4.98 Å². The number of ether oxygens (including phenoxy) is 1. The van der Waals surface area contributed by atoms with Gasteiger partial charge in [-0.15, -0.1) is 11.6 Å². The molecule has 74 valence electrons. The maximum absolute atomic E-state index is 5.56. The molecule has 0 aromatic carbocycles. The van der Waals surface area contributed by atoms with Crippen molar-refractivity contribution < 1.29 is 9.15 Å². The van der Waals surface area contributed by atoms with Gasteiger partial charge in [0.05, 0.1) is 17.7 Å². The van der Waals surface area contributed by atoms with Crippen molar-refractivity contribution in [2.45, 2.75) is 31.7 Å². The first-order valence-electron chi connectivity index (χ1n) is 4.12. The molecule has 0 aliphatic rings. The fraction of sp³-hybridized carbons (Fsp3) is 0.667. The van der Waals surface area contributed by atoms with E-state index < -0.39 is 0 Å². The SMILES string of the molecule is COC(C)(C)Cc1cnc(CCl)o1. The van der Waals surface area contributed by atoms with Crippen LogP contribution in [0, 0.1) is 0 Å². The number of rotatable bonds is 4. The van der Waals surface area contributed by atoms with Gasteiger partial charge in [-0.05, 0) is 13.8 Å². The molecule has 0 N–H and O–H groups in total. The molecule has 0 fully saturated rings. The van der Waals surface area contributed by atoms with Crippen molar-refractivity contribution in [3.63, 3.8) is 0 Å². The van der Waals surface area contributed by atoms with Gasteiger partial charge < -0.3 is 9.15 Å². The Morgan fingerprint density at radius 2 is 2.31 bits per heavy atom. The van der Waals surface area contributed by atoms with Gasteiger partial charge in [-0.3, -0.25) is 0 Å². The van der Waals surface area contributed by atoms with Crippen LogP contribution in [0.25, 0.3) is 0 Å². The Morgan fingerprint density at radius 1 is 1.62 bits per heavy atom. The Labute approximate surface area is 83.1 Å². The second-order valence-electron chi connectivity index (χ2n) is 3.49. The average Bonchev–Trinajstić information content (AvgIpc) is 2.52. The normalized spacial score (nSPS) is 12.0. The van der Waals surface area contributed by atoms with Crippen LogP contribution in [0.4, 0.5) is 0 Å². The van der Waals surface area contributed by atoms with Crippen LogP contribution in [0.1, 0.15) is 25.5 Å². The smallest absolute Gasteiger partial charge is 0.209 e. The van der Waals surface area contributed by atoms with Gasteiger partial charge in [-0.2, -0.15) is 0 Å². The van der Waals surface area contributed by atoms with E-state index in [1.165, 1.54) is 0 Å². The van der Waals surface area contributed by atoms with Crippen molar-refractivity contribution in [3.8, 4) is 0 Å². The van der Waals surface area contributed by atoms with Gasteiger partial charge in [0.2, 0.25) is 5.89 Å². The van der Waals surface area contributed by atoms with E-state index in [0.29, 0.717) is 18.2 Å². The van der Waals surface area contributed by atoms with Gasteiger partial charge in [-0.1, -0.05) is 0 Å². The number of methoxy groups -OCH3 is 1. The molecule has 1 aromatic heterocycles. The van der Waals surface area contributed by atoms with E-state index in [-0.39, 0.29) is 5.60 Å². The first-order chi connectivity index (χ1) is 6.07. The van der Waals surface area contributed by atoms with Gasteiger partial charge >= 0.3 is 0 Å². The molecule has 1 aromatic rings. The first kappa shape index (κ1) is 10.5. The zero-order chi connectivity index (χ0) is 9.90. The Balaban J connectivity index is 2.63. The monoisotopic (exact) mass is 203 g/mol. The summed E-state index contributed by atoms with van der Waals surface area (Å²) in [4.78, 5) is 4.00. The Morgan fingerprint density at radius 3 is 2.77 bits per heavy atom. The number of aromatic nitrogens is 1. The lowest BCUT2D eigenvalue weighted by Crippen LogP contribution is -2.25. The molecule has 0 radical (unpaired) electrons. The van der Waals surface area contributed by atoms with Gasteiger partial charge in [0.1, 0.15) is 5.76 Å². The van der Waals surface area contributed by atoms with E-state index in [2.05, 4.69) is 4.98 Å².